The molecule has 19 heavy (non-hydrogen) atoms. The maximum Gasteiger partial charge on any atom is 0.417 e. The lowest BCUT2D eigenvalue weighted by Crippen LogP contribution is -2.60. The number of β-lactam (4-membered cyclic amide) rings is 1. The Bertz CT molecular complexity index is 530. The van der Waals surface area contributed by atoms with Crippen molar-refractivity contribution in [1.29, 1.82) is 0 Å². The molecule has 0 aromatic carbocycles. The van der Waals surface area contributed by atoms with Gasteiger partial charge in [0, 0.05) is 6.20 Å². The molecule has 1 aliphatic rings. The molecule has 104 valence electrons. The number of halogens is 4. The van der Waals surface area contributed by atoms with Crippen molar-refractivity contribution < 1.29 is 18.0 Å². The van der Waals surface area contributed by atoms with E-state index in [-0.39, 0.29) is 16.7 Å². The molecule has 2 heterocycles. The van der Waals surface area contributed by atoms with Crippen LogP contribution in [0, 0.1) is 5.41 Å². The fourth-order valence-electron chi connectivity index (χ4n) is 1.70. The van der Waals surface area contributed by atoms with E-state index in [1.54, 1.807) is 13.8 Å². The Labute approximate surface area is 112 Å². The standard InChI is InChI=1S/C11H11ClF3N3O/c1-10(2)5-18(9(10)19)17-8-7(12)3-6(4-16-8)11(13,14)15/h3-4H,5H2,1-2H3,(H,16,17). The number of alkyl halides is 3. The van der Waals surface area contributed by atoms with Crippen LogP contribution in [0.2, 0.25) is 5.02 Å². The number of hydrogen-bond donors (Lipinski definition) is 1. The third kappa shape index (κ3) is 2.60. The van der Waals surface area contributed by atoms with Gasteiger partial charge in [0.05, 0.1) is 22.5 Å². The van der Waals surface area contributed by atoms with Gasteiger partial charge in [0.1, 0.15) is 0 Å². The molecule has 0 atom stereocenters. The van der Waals surface area contributed by atoms with Crippen molar-refractivity contribution in [2.75, 3.05) is 12.0 Å². The molecule has 1 aliphatic heterocycles. The predicted octanol–water partition coefficient (Wildman–Crippen LogP) is 2.95. The van der Waals surface area contributed by atoms with Gasteiger partial charge in [0.25, 0.3) is 0 Å². The second kappa shape index (κ2) is 4.26. The quantitative estimate of drug-likeness (QED) is 0.853. The van der Waals surface area contributed by atoms with Crippen LogP contribution in [0.3, 0.4) is 0 Å². The third-order valence-corrected chi connectivity index (χ3v) is 3.07. The Morgan fingerprint density at radius 1 is 1.47 bits per heavy atom. The summed E-state index contributed by atoms with van der Waals surface area (Å²) in [6.45, 7) is 3.98. The molecule has 1 saturated heterocycles. The predicted molar refractivity (Wildman–Crippen MR) is 63.4 cm³/mol. The summed E-state index contributed by atoms with van der Waals surface area (Å²) < 4.78 is 37.3. The molecule has 0 bridgehead atoms. The molecule has 1 fully saturated rings. The average Bonchev–Trinajstić information content (AvgIpc) is 2.28. The van der Waals surface area contributed by atoms with E-state index in [0.717, 1.165) is 6.07 Å². The molecule has 1 aromatic rings. The first kappa shape index (κ1) is 13.9. The van der Waals surface area contributed by atoms with Crippen molar-refractivity contribution >= 4 is 23.3 Å². The zero-order valence-corrected chi connectivity index (χ0v) is 10.9. The van der Waals surface area contributed by atoms with Crippen LogP contribution in [0.15, 0.2) is 12.3 Å². The molecule has 2 rings (SSSR count). The van der Waals surface area contributed by atoms with Crippen LogP contribution in [0.4, 0.5) is 19.0 Å². The molecule has 0 unspecified atom stereocenters. The van der Waals surface area contributed by atoms with E-state index in [0.29, 0.717) is 12.7 Å². The number of carbonyl (C=O) groups excluding carboxylic acids is 1. The highest BCUT2D eigenvalue weighted by atomic mass is 35.5. The van der Waals surface area contributed by atoms with Crippen LogP contribution in [0.1, 0.15) is 19.4 Å². The molecule has 1 amide bonds. The number of anilines is 1. The van der Waals surface area contributed by atoms with E-state index in [2.05, 4.69) is 10.4 Å². The van der Waals surface area contributed by atoms with Gasteiger partial charge in [-0.05, 0) is 19.9 Å². The normalized spacial score (nSPS) is 18.2. The van der Waals surface area contributed by atoms with Gasteiger partial charge in [-0.15, -0.1) is 0 Å². The first-order valence-corrected chi connectivity index (χ1v) is 5.80. The minimum Gasteiger partial charge on any atom is -0.278 e. The maximum atomic E-state index is 12.4. The van der Waals surface area contributed by atoms with Crippen LogP contribution in [0.5, 0.6) is 0 Å². The van der Waals surface area contributed by atoms with E-state index < -0.39 is 17.2 Å². The monoisotopic (exact) mass is 293 g/mol. The number of hydrogen-bond acceptors (Lipinski definition) is 3. The summed E-state index contributed by atoms with van der Waals surface area (Å²) >= 11 is 5.72. The van der Waals surface area contributed by atoms with Gasteiger partial charge < -0.3 is 0 Å². The molecular formula is C11H11ClF3N3O. The lowest BCUT2D eigenvalue weighted by Gasteiger charge is -2.44. The second-order valence-electron chi connectivity index (χ2n) is 4.94. The molecule has 0 radical (unpaired) electrons. The molecule has 4 nitrogen and oxygen atoms in total. The summed E-state index contributed by atoms with van der Waals surface area (Å²) in [5.41, 5.74) is 1.21. The summed E-state index contributed by atoms with van der Waals surface area (Å²) in [6, 6.07) is 0.770. The number of pyridine rings is 1. The van der Waals surface area contributed by atoms with Crippen molar-refractivity contribution in [2.45, 2.75) is 20.0 Å². The minimum absolute atomic E-state index is 0.0264. The van der Waals surface area contributed by atoms with Crippen molar-refractivity contribution in [2.24, 2.45) is 5.41 Å². The van der Waals surface area contributed by atoms with Crippen LogP contribution >= 0.6 is 11.6 Å². The largest absolute Gasteiger partial charge is 0.417 e. The fraction of sp³-hybridized carbons (Fsp3) is 0.455. The van der Waals surface area contributed by atoms with Gasteiger partial charge in [-0.2, -0.15) is 13.2 Å². The molecule has 1 N–H and O–H groups in total. The summed E-state index contributed by atoms with van der Waals surface area (Å²) in [7, 11) is 0. The molecular weight excluding hydrogens is 283 g/mol. The average molecular weight is 294 g/mol. The smallest absolute Gasteiger partial charge is 0.278 e. The highest BCUT2D eigenvalue weighted by molar-refractivity contribution is 6.33. The van der Waals surface area contributed by atoms with E-state index in [1.807, 2.05) is 0 Å². The Balaban J connectivity index is 2.13. The van der Waals surface area contributed by atoms with Crippen molar-refractivity contribution in [3.63, 3.8) is 0 Å². The zero-order chi connectivity index (χ0) is 14.4. The van der Waals surface area contributed by atoms with E-state index in [9.17, 15) is 18.0 Å². The van der Waals surface area contributed by atoms with Crippen LogP contribution in [-0.2, 0) is 11.0 Å². The number of rotatable bonds is 2. The number of aromatic nitrogens is 1. The summed E-state index contributed by atoms with van der Waals surface area (Å²) in [4.78, 5) is 15.2. The Morgan fingerprint density at radius 3 is 2.53 bits per heavy atom. The van der Waals surface area contributed by atoms with Crippen molar-refractivity contribution in [1.82, 2.24) is 9.99 Å². The van der Waals surface area contributed by atoms with Crippen molar-refractivity contribution in [3.8, 4) is 0 Å². The third-order valence-electron chi connectivity index (χ3n) is 2.79. The topological polar surface area (TPSA) is 45.2 Å². The number of nitrogens with zero attached hydrogens (tertiary/aromatic N) is 2. The summed E-state index contributed by atoms with van der Waals surface area (Å²) in [5, 5.41) is 1.08. The number of amides is 1. The van der Waals surface area contributed by atoms with Crippen LogP contribution < -0.4 is 5.43 Å². The van der Waals surface area contributed by atoms with E-state index in [4.69, 9.17) is 11.6 Å². The van der Waals surface area contributed by atoms with E-state index >= 15 is 0 Å². The highest BCUT2D eigenvalue weighted by Crippen LogP contribution is 2.34. The van der Waals surface area contributed by atoms with Crippen LogP contribution in [-0.4, -0.2) is 22.4 Å². The van der Waals surface area contributed by atoms with Crippen molar-refractivity contribution in [3.05, 3.63) is 22.8 Å². The van der Waals surface area contributed by atoms with Gasteiger partial charge in [-0.1, -0.05) is 11.6 Å². The van der Waals surface area contributed by atoms with Gasteiger partial charge in [-0.25, -0.2) is 4.98 Å². The fourth-order valence-corrected chi connectivity index (χ4v) is 1.91. The summed E-state index contributed by atoms with van der Waals surface area (Å²) in [5.74, 6) is -0.135. The highest BCUT2D eigenvalue weighted by Gasteiger charge is 2.45. The Kier molecular flexibility index (Phi) is 3.12. The number of nitrogens with one attached hydrogen (secondary N) is 1. The van der Waals surface area contributed by atoms with Gasteiger partial charge in [-0.3, -0.25) is 15.2 Å². The van der Waals surface area contributed by atoms with E-state index in [1.165, 1.54) is 5.01 Å². The Hall–Kier alpha value is -1.50. The SMILES string of the molecule is CC1(C)CN(Nc2ncc(C(F)(F)F)cc2Cl)C1=O. The maximum absolute atomic E-state index is 12.4. The minimum atomic E-state index is -4.50. The van der Waals surface area contributed by atoms with Gasteiger partial charge >= 0.3 is 6.18 Å². The lowest BCUT2D eigenvalue weighted by atomic mass is 9.85. The lowest BCUT2D eigenvalue weighted by molar-refractivity contribution is -0.154. The molecule has 0 saturated carbocycles. The second-order valence-corrected chi connectivity index (χ2v) is 5.35. The van der Waals surface area contributed by atoms with Gasteiger partial charge in [0.2, 0.25) is 5.91 Å². The van der Waals surface area contributed by atoms with Crippen LogP contribution in [0.25, 0.3) is 0 Å². The Morgan fingerprint density at radius 2 is 2.11 bits per heavy atom. The first-order valence-electron chi connectivity index (χ1n) is 5.42. The number of hydrazine groups is 1. The number of carbonyl (C=O) groups is 1. The molecule has 8 heteroatoms. The van der Waals surface area contributed by atoms with Gasteiger partial charge in [0.15, 0.2) is 5.82 Å². The molecule has 0 aliphatic carbocycles. The first-order chi connectivity index (χ1) is 8.61. The zero-order valence-electron chi connectivity index (χ0n) is 10.2. The molecule has 0 spiro atoms. The molecule has 1 aromatic heterocycles. The summed E-state index contributed by atoms with van der Waals surface area (Å²) in [6.07, 6.45) is -3.83.